The lowest BCUT2D eigenvalue weighted by molar-refractivity contribution is 0.267. The Morgan fingerprint density at radius 3 is 2.73 bits per heavy atom. The Labute approximate surface area is 137 Å². The van der Waals surface area contributed by atoms with E-state index in [9.17, 15) is 0 Å². The van der Waals surface area contributed by atoms with Crippen LogP contribution in [0.3, 0.4) is 0 Å². The lowest BCUT2D eigenvalue weighted by Crippen LogP contribution is -2.46. The van der Waals surface area contributed by atoms with Gasteiger partial charge in [-0.3, -0.25) is 0 Å². The van der Waals surface area contributed by atoms with E-state index in [1.165, 1.54) is 17.0 Å². The Balaban J connectivity index is 1.57. The molecule has 2 aromatic rings. The molecule has 1 N–H and O–H groups in total. The van der Waals surface area contributed by atoms with Gasteiger partial charge in [0.05, 0.1) is 6.04 Å². The van der Waals surface area contributed by atoms with Crippen LogP contribution >= 0.6 is 12.2 Å². The van der Waals surface area contributed by atoms with Crippen molar-refractivity contribution in [2.24, 2.45) is 0 Å². The topological polar surface area (TPSA) is 20.2 Å². The summed E-state index contributed by atoms with van der Waals surface area (Å²) in [5, 5.41) is 4.29. The van der Waals surface area contributed by atoms with E-state index in [-0.39, 0.29) is 0 Å². The van der Waals surface area contributed by atoms with Crippen molar-refractivity contribution in [3.63, 3.8) is 0 Å². The molecule has 0 saturated heterocycles. The first kappa shape index (κ1) is 15.1. The largest absolute Gasteiger partial charge is 0.362 e. The average molecular weight is 313 g/mol. The summed E-state index contributed by atoms with van der Waals surface area (Å²) in [5.74, 6) is 0. The van der Waals surface area contributed by atoms with E-state index in [2.05, 4.69) is 65.0 Å². The highest BCUT2D eigenvalue weighted by Crippen LogP contribution is 2.27. The van der Waals surface area contributed by atoms with Gasteiger partial charge < -0.3 is 14.8 Å². The maximum Gasteiger partial charge on any atom is 0.169 e. The van der Waals surface area contributed by atoms with Gasteiger partial charge in [-0.25, -0.2) is 0 Å². The zero-order valence-electron chi connectivity index (χ0n) is 13.2. The van der Waals surface area contributed by atoms with Gasteiger partial charge in [0.1, 0.15) is 0 Å². The zero-order valence-corrected chi connectivity index (χ0v) is 14.1. The van der Waals surface area contributed by atoms with Crippen LogP contribution in [0.15, 0.2) is 42.5 Å². The number of hydrogen-bond donors (Lipinski definition) is 1. The zero-order chi connectivity index (χ0) is 15.5. The van der Waals surface area contributed by atoms with Crippen molar-refractivity contribution < 1.29 is 0 Å². The number of thiocarbonyl (C=S) groups is 1. The van der Waals surface area contributed by atoms with Gasteiger partial charge in [-0.1, -0.05) is 30.3 Å². The molecule has 22 heavy (non-hydrogen) atoms. The highest BCUT2D eigenvalue weighted by atomic mass is 32.1. The van der Waals surface area contributed by atoms with Crippen molar-refractivity contribution in [2.45, 2.75) is 32.9 Å². The highest BCUT2D eigenvalue weighted by molar-refractivity contribution is 7.80. The van der Waals surface area contributed by atoms with E-state index in [4.69, 9.17) is 12.2 Å². The second kappa shape index (κ2) is 6.53. The molecular weight excluding hydrogens is 290 g/mol. The van der Waals surface area contributed by atoms with Crippen LogP contribution in [0.25, 0.3) is 0 Å². The minimum atomic E-state index is 0.333. The van der Waals surface area contributed by atoms with Crippen LogP contribution < -0.4 is 5.32 Å². The summed E-state index contributed by atoms with van der Waals surface area (Å²) in [6, 6.07) is 15.3. The standard InChI is InChI=1S/C18H23N3S/c1-14-8-9-17-15(2)21(13-12-20(14)17)18(22)19-11-10-16-6-4-3-5-7-16/h3-9,15H,10-13H2,1-2H3,(H,19,22)/t15-/m1/s1. The minimum Gasteiger partial charge on any atom is -0.362 e. The number of rotatable bonds is 3. The lowest BCUT2D eigenvalue weighted by Gasteiger charge is -2.37. The maximum atomic E-state index is 5.61. The summed E-state index contributed by atoms with van der Waals surface area (Å²) in [6.07, 6.45) is 0.999. The monoisotopic (exact) mass is 313 g/mol. The molecule has 1 aliphatic rings. The third kappa shape index (κ3) is 3.02. The molecule has 3 rings (SSSR count). The molecule has 0 radical (unpaired) electrons. The summed E-state index contributed by atoms with van der Waals surface area (Å²) in [5.41, 5.74) is 4.04. The Morgan fingerprint density at radius 2 is 1.95 bits per heavy atom. The van der Waals surface area contributed by atoms with Crippen LogP contribution in [0.1, 0.15) is 29.9 Å². The van der Waals surface area contributed by atoms with Crippen LogP contribution in [-0.4, -0.2) is 27.7 Å². The normalized spacial score (nSPS) is 17.2. The quantitative estimate of drug-likeness (QED) is 0.878. The number of nitrogens with one attached hydrogen (secondary N) is 1. The molecule has 0 unspecified atom stereocenters. The van der Waals surface area contributed by atoms with Gasteiger partial charge in [-0.05, 0) is 50.2 Å². The van der Waals surface area contributed by atoms with Gasteiger partial charge in [-0.15, -0.1) is 0 Å². The first-order valence-electron chi connectivity index (χ1n) is 7.91. The second-order valence-electron chi connectivity index (χ2n) is 5.89. The predicted molar refractivity (Wildman–Crippen MR) is 95.0 cm³/mol. The molecule has 1 atom stereocenters. The van der Waals surface area contributed by atoms with E-state index in [0.717, 1.165) is 31.2 Å². The molecule has 116 valence electrons. The first-order valence-corrected chi connectivity index (χ1v) is 8.32. The summed E-state index contributed by atoms with van der Waals surface area (Å²) in [7, 11) is 0. The van der Waals surface area contributed by atoms with Gasteiger partial charge in [0.15, 0.2) is 5.11 Å². The number of fused-ring (bicyclic) bond motifs is 1. The average Bonchev–Trinajstić information content (AvgIpc) is 2.91. The van der Waals surface area contributed by atoms with Crippen molar-refractivity contribution >= 4 is 17.3 Å². The van der Waals surface area contributed by atoms with Gasteiger partial charge in [0.25, 0.3) is 0 Å². The summed E-state index contributed by atoms with van der Waals surface area (Å²) < 4.78 is 2.40. The third-order valence-electron chi connectivity index (χ3n) is 4.49. The van der Waals surface area contributed by atoms with Gasteiger partial charge in [-0.2, -0.15) is 0 Å². The third-order valence-corrected chi connectivity index (χ3v) is 4.87. The number of aryl methyl sites for hydroxylation is 1. The van der Waals surface area contributed by atoms with Crippen LogP contribution in [0.5, 0.6) is 0 Å². The second-order valence-corrected chi connectivity index (χ2v) is 6.27. The van der Waals surface area contributed by atoms with E-state index in [1.807, 2.05) is 6.07 Å². The van der Waals surface area contributed by atoms with Crippen LogP contribution in [0.4, 0.5) is 0 Å². The van der Waals surface area contributed by atoms with E-state index >= 15 is 0 Å². The minimum absolute atomic E-state index is 0.333. The maximum absolute atomic E-state index is 5.61. The first-order chi connectivity index (χ1) is 10.7. The molecule has 0 spiro atoms. The van der Waals surface area contributed by atoms with E-state index in [0.29, 0.717) is 6.04 Å². The molecular formula is C18H23N3S. The van der Waals surface area contributed by atoms with Crippen LogP contribution in [0.2, 0.25) is 0 Å². The molecule has 1 aromatic heterocycles. The van der Waals surface area contributed by atoms with Gasteiger partial charge in [0.2, 0.25) is 0 Å². The number of nitrogens with zero attached hydrogens (tertiary/aromatic N) is 2. The summed E-state index contributed by atoms with van der Waals surface area (Å²) in [6.45, 7) is 7.27. The predicted octanol–water partition coefficient (Wildman–Crippen LogP) is 3.29. The van der Waals surface area contributed by atoms with Crippen molar-refractivity contribution in [2.75, 3.05) is 13.1 Å². The summed E-state index contributed by atoms with van der Waals surface area (Å²) >= 11 is 5.61. The Kier molecular flexibility index (Phi) is 4.48. The Morgan fingerprint density at radius 1 is 1.18 bits per heavy atom. The highest BCUT2D eigenvalue weighted by Gasteiger charge is 2.26. The van der Waals surface area contributed by atoms with Crippen molar-refractivity contribution in [3.05, 3.63) is 59.4 Å². The molecule has 0 saturated carbocycles. The van der Waals surface area contributed by atoms with E-state index < -0.39 is 0 Å². The molecule has 0 fully saturated rings. The molecule has 1 aromatic carbocycles. The van der Waals surface area contributed by atoms with E-state index in [1.54, 1.807) is 0 Å². The molecule has 0 bridgehead atoms. The lowest BCUT2D eigenvalue weighted by atomic mass is 10.1. The van der Waals surface area contributed by atoms with Crippen LogP contribution in [-0.2, 0) is 13.0 Å². The fraction of sp³-hybridized carbons (Fsp3) is 0.389. The molecule has 1 aliphatic heterocycles. The fourth-order valence-corrected chi connectivity index (χ4v) is 3.51. The Hall–Kier alpha value is -1.81. The van der Waals surface area contributed by atoms with Crippen molar-refractivity contribution in [1.29, 1.82) is 0 Å². The fourth-order valence-electron chi connectivity index (χ4n) is 3.16. The number of benzene rings is 1. The van der Waals surface area contributed by atoms with Crippen molar-refractivity contribution in [3.8, 4) is 0 Å². The number of hydrogen-bond acceptors (Lipinski definition) is 1. The molecule has 2 heterocycles. The number of aromatic nitrogens is 1. The molecule has 3 nitrogen and oxygen atoms in total. The molecule has 4 heteroatoms. The van der Waals surface area contributed by atoms with Gasteiger partial charge in [0, 0.05) is 31.0 Å². The summed E-state index contributed by atoms with van der Waals surface area (Å²) in [4.78, 5) is 2.30. The van der Waals surface area contributed by atoms with Gasteiger partial charge >= 0.3 is 0 Å². The van der Waals surface area contributed by atoms with Crippen molar-refractivity contribution in [1.82, 2.24) is 14.8 Å². The Bertz CT molecular complexity index is 648. The molecule has 0 amide bonds. The smallest absolute Gasteiger partial charge is 0.169 e. The van der Waals surface area contributed by atoms with Crippen LogP contribution in [0, 0.1) is 6.92 Å². The SMILES string of the molecule is Cc1ccc2n1CCN(C(=S)NCCc1ccccc1)[C@@H]2C. The molecule has 0 aliphatic carbocycles.